The van der Waals surface area contributed by atoms with Crippen molar-refractivity contribution in [3.63, 3.8) is 0 Å². The molecule has 0 bridgehead atoms. The van der Waals surface area contributed by atoms with E-state index in [0.717, 1.165) is 5.56 Å². The van der Waals surface area contributed by atoms with Crippen molar-refractivity contribution in [3.8, 4) is 0 Å². The van der Waals surface area contributed by atoms with Gasteiger partial charge in [0.1, 0.15) is 0 Å². The van der Waals surface area contributed by atoms with Crippen molar-refractivity contribution < 1.29 is 9.90 Å². The molecule has 0 saturated heterocycles. The van der Waals surface area contributed by atoms with E-state index >= 15 is 0 Å². The second kappa shape index (κ2) is 6.97. The number of amides is 1. The number of hydrogen-bond donors (Lipinski definition) is 2. The Hall–Kier alpha value is -1.61. The molecule has 1 unspecified atom stereocenters. The summed E-state index contributed by atoms with van der Waals surface area (Å²) >= 11 is 0. The van der Waals surface area contributed by atoms with Gasteiger partial charge in [-0.25, -0.2) is 0 Å². The van der Waals surface area contributed by atoms with Crippen molar-refractivity contribution in [1.82, 2.24) is 5.32 Å². The molecular formula is C15H21NO2. The molecule has 0 aliphatic heterocycles. The molecule has 98 valence electrons. The number of aryl methyl sites for hydroxylation is 1. The lowest BCUT2D eigenvalue weighted by Crippen LogP contribution is -2.27. The highest BCUT2D eigenvalue weighted by Gasteiger charge is 2.04. The summed E-state index contributed by atoms with van der Waals surface area (Å²) in [4.78, 5) is 11.7. The molecule has 0 aromatic heterocycles. The van der Waals surface area contributed by atoms with Crippen molar-refractivity contribution in [2.24, 2.45) is 0 Å². The Kier molecular flexibility index (Phi) is 5.59. The zero-order valence-corrected chi connectivity index (χ0v) is 11.2. The van der Waals surface area contributed by atoms with E-state index in [2.05, 4.69) is 5.32 Å². The van der Waals surface area contributed by atoms with Gasteiger partial charge in [0.05, 0.1) is 6.10 Å². The quantitative estimate of drug-likeness (QED) is 0.784. The summed E-state index contributed by atoms with van der Waals surface area (Å²) in [6.07, 6.45) is 2.05. The van der Waals surface area contributed by atoms with E-state index in [1.165, 1.54) is 5.56 Å². The predicted octanol–water partition coefficient (Wildman–Crippen LogP) is 2.29. The van der Waals surface area contributed by atoms with Gasteiger partial charge < -0.3 is 10.4 Å². The second-order valence-electron chi connectivity index (χ2n) is 4.63. The topological polar surface area (TPSA) is 49.3 Å². The van der Waals surface area contributed by atoms with Gasteiger partial charge in [-0.2, -0.15) is 0 Å². The molecule has 1 aromatic carbocycles. The van der Waals surface area contributed by atoms with Gasteiger partial charge in [-0.15, -0.1) is 0 Å². The first-order valence-electron chi connectivity index (χ1n) is 6.20. The van der Waals surface area contributed by atoms with Gasteiger partial charge in [0.2, 0.25) is 5.91 Å². The van der Waals surface area contributed by atoms with Crippen LogP contribution in [0.5, 0.6) is 0 Å². The Balaban J connectivity index is 2.54. The van der Waals surface area contributed by atoms with Crippen LogP contribution in [0.25, 0.3) is 6.08 Å². The van der Waals surface area contributed by atoms with Crippen LogP contribution in [0.4, 0.5) is 0 Å². The molecule has 0 heterocycles. The highest BCUT2D eigenvalue weighted by molar-refractivity contribution is 5.97. The van der Waals surface area contributed by atoms with E-state index in [4.69, 9.17) is 5.11 Å². The summed E-state index contributed by atoms with van der Waals surface area (Å²) in [6, 6.07) is 8.01. The fourth-order valence-corrected chi connectivity index (χ4v) is 1.51. The van der Waals surface area contributed by atoms with Gasteiger partial charge >= 0.3 is 0 Å². The first-order chi connectivity index (χ1) is 8.49. The number of carbonyl (C=O) groups is 1. The highest BCUT2D eigenvalue weighted by atomic mass is 16.3. The van der Waals surface area contributed by atoms with Crippen LogP contribution < -0.4 is 5.32 Å². The van der Waals surface area contributed by atoms with Crippen LogP contribution in [-0.2, 0) is 4.79 Å². The molecular weight excluding hydrogens is 226 g/mol. The summed E-state index contributed by atoms with van der Waals surface area (Å²) < 4.78 is 0. The Bertz CT molecular complexity index is 419. The maximum absolute atomic E-state index is 11.7. The fourth-order valence-electron chi connectivity index (χ4n) is 1.51. The molecule has 18 heavy (non-hydrogen) atoms. The molecule has 0 aliphatic rings. The minimum atomic E-state index is -0.383. The summed E-state index contributed by atoms with van der Waals surface area (Å²) in [6.45, 7) is 6.03. The maximum Gasteiger partial charge on any atom is 0.246 e. The third-order valence-corrected chi connectivity index (χ3v) is 2.67. The number of rotatable bonds is 5. The lowest BCUT2D eigenvalue weighted by Gasteiger charge is -2.07. The van der Waals surface area contributed by atoms with E-state index in [1.54, 1.807) is 13.8 Å². The molecule has 1 rings (SSSR count). The van der Waals surface area contributed by atoms with Crippen LogP contribution in [-0.4, -0.2) is 23.7 Å². The Labute approximate surface area is 109 Å². The Morgan fingerprint density at radius 3 is 2.56 bits per heavy atom. The summed E-state index contributed by atoms with van der Waals surface area (Å²) in [5.41, 5.74) is 2.89. The van der Waals surface area contributed by atoms with Crippen LogP contribution in [0.1, 0.15) is 31.4 Å². The SMILES string of the molecule is C/C(=C\c1ccc(C)cc1)C(=O)NCCC(C)O. The van der Waals surface area contributed by atoms with Crippen molar-refractivity contribution in [2.75, 3.05) is 6.54 Å². The zero-order valence-electron chi connectivity index (χ0n) is 11.2. The number of hydrogen-bond acceptors (Lipinski definition) is 2. The van der Waals surface area contributed by atoms with Gasteiger partial charge in [-0.1, -0.05) is 29.8 Å². The summed E-state index contributed by atoms with van der Waals surface area (Å²) in [5, 5.41) is 11.9. The minimum Gasteiger partial charge on any atom is -0.393 e. The first kappa shape index (κ1) is 14.5. The third-order valence-electron chi connectivity index (χ3n) is 2.67. The third kappa shape index (κ3) is 5.15. The summed E-state index contributed by atoms with van der Waals surface area (Å²) in [7, 11) is 0. The van der Waals surface area contributed by atoms with Crippen LogP contribution in [0.2, 0.25) is 0 Å². The van der Waals surface area contributed by atoms with Crippen LogP contribution in [0, 0.1) is 6.92 Å². The molecule has 0 aliphatic carbocycles. The molecule has 0 radical (unpaired) electrons. The lowest BCUT2D eigenvalue weighted by atomic mass is 10.1. The van der Waals surface area contributed by atoms with Crippen LogP contribution >= 0.6 is 0 Å². The van der Waals surface area contributed by atoms with Crippen molar-refractivity contribution in [3.05, 3.63) is 41.0 Å². The fraction of sp³-hybridized carbons (Fsp3) is 0.400. The monoisotopic (exact) mass is 247 g/mol. The Morgan fingerprint density at radius 1 is 1.39 bits per heavy atom. The van der Waals surface area contributed by atoms with E-state index < -0.39 is 0 Å². The van der Waals surface area contributed by atoms with E-state index in [0.29, 0.717) is 18.5 Å². The van der Waals surface area contributed by atoms with Gasteiger partial charge in [0.15, 0.2) is 0 Å². The van der Waals surface area contributed by atoms with E-state index in [-0.39, 0.29) is 12.0 Å². The van der Waals surface area contributed by atoms with Crippen LogP contribution in [0.15, 0.2) is 29.8 Å². The molecule has 1 atom stereocenters. The van der Waals surface area contributed by atoms with E-state index in [9.17, 15) is 4.79 Å². The lowest BCUT2D eigenvalue weighted by molar-refractivity contribution is -0.117. The predicted molar refractivity (Wildman–Crippen MR) is 74.1 cm³/mol. The molecule has 0 spiro atoms. The molecule has 1 amide bonds. The number of carbonyl (C=O) groups excluding carboxylic acids is 1. The largest absolute Gasteiger partial charge is 0.393 e. The highest BCUT2D eigenvalue weighted by Crippen LogP contribution is 2.08. The minimum absolute atomic E-state index is 0.0868. The first-order valence-corrected chi connectivity index (χ1v) is 6.20. The smallest absolute Gasteiger partial charge is 0.246 e. The average molecular weight is 247 g/mol. The molecule has 2 N–H and O–H groups in total. The Morgan fingerprint density at radius 2 is 2.00 bits per heavy atom. The van der Waals surface area contributed by atoms with Crippen molar-refractivity contribution in [2.45, 2.75) is 33.3 Å². The maximum atomic E-state index is 11.7. The number of aliphatic hydroxyl groups excluding tert-OH is 1. The van der Waals surface area contributed by atoms with Gasteiger partial charge in [-0.3, -0.25) is 4.79 Å². The summed E-state index contributed by atoms with van der Waals surface area (Å²) in [5.74, 6) is -0.0868. The molecule has 3 nitrogen and oxygen atoms in total. The number of nitrogens with one attached hydrogen (secondary N) is 1. The standard InChI is InChI=1S/C15H21NO2/c1-11-4-6-14(7-5-11)10-12(2)15(18)16-9-8-13(3)17/h4-7,10,13,17H,8-9H2,1-3H3,(H,16,18)/b12-10+. The van der Waals surface area contributed by atoms with Gasteiger partial charge in [-0.05, 0) is 38.8 Å². The van der Waals surface area contributed by atoms with Crippen molar-refractivity contribution >= 4 is 12.0 Å². The zero-order chi connectivity index (χ0) is 13.5. The van der Waals surface area contributed by atoms with Crippen LogP contribution in [0.3, 0.4) is 0 Å². The second-order valence-corrected chi connectivity index (χ2v) is 4.63. The van der Waals surface area contributed by atoms with Crippen molar-refractivity contribution in [1.29, 1.82) is 0 Å². The average Bonchev–Trinajstić information content (AvgIpc) is 2.31. The normalized spacial score (nSPS) is 13.2. The van der Waals surface area contributed by atoms with E-state index in [1.807, 2.05) is 37.3 Å². The number of benzene rings is 1. The van der Waals surface area contributed by atoms with Gasteiger partial charge in [0, 0.05) is 12.1 Å². The number of aliphatic hydroxyl groups is 1. The molecule has 3 heteroatoms. The molecule has 1 aromatic rings. The van der Waals surface area contributed by atoms with Gasteiger partial charge in [0.25, 0.3) is 0 Å². The molecule has 0 fully saturated rings. The molecule has 0 saturated carbocycles.